The smallest absolute Gasteiger partial charge is 0.126 e. The molecule has 0 fully saturated rings. The van der Waals surface area contributed by atoms with Crippen molar-refractivity contribution < 1.29 is 4.52 Å². The number of hydrogen-bond donors (Lipinski definition) is 0. The minimum Gasteiger partial charge on any atom is -0.477 e. The number of aryl methyl sites for hydroxylation is 2. The Kier molecular flexibility index (Phi) is 3.78. The summed E-state index contributed by atoms with van der Waals surface area (Å²) in [6, 6.07) is 4.41. The average Bonchev–Trinajstić information content (AvgIpc) is 2.09. The predicted molar refractivity (Wildman–Crippen MR) is 69.5 cm³/mol. The lowest BCUT2D eigenvalue weighted by atomic mass is 9.84. The van der Waals surface area contributed by atoms with Crippen LogP contribution in [0.25, 0.3) is 0 Å². The average molecular weight is 224 g/mol. The lowest BCUT2D eigenvalue weighted by Crippen LogP contribution is -2.13. The third-order valence-electron chi connectivity index (χ3n) is 2.62. The molecule has 0 spiro atoms. The molecular weight excluding hydrogens is 203 g/mol. The summed E-state index contributed by atoms with van der Waals surface area (Å²) in [6.45, 7) is 13.0. The number of benzene rings is 1. The van der Waals surface area contributed by atoms with Crippen LogP contribution in [0, 0.1) is 13.8 Å². The van der Waals surface area contributed by atoms with Crippen LogP contribution in [0.4, 0.5) is 0 Å². The van der Waals surface area contributed by atoms with E-state index in [0.29, 0.717) is 8.81 Å². The van der Waals surface area contributed by atoms with Crippen molar-refractivity contribution in [2.45, 2.75) is 40.0 Å². The maximum Gasteiger partial charge on any atom is 0.126 e. The Bertz CT molecular complexity index is 350. The first-order valence-corrected chi connectivity index (χ1v) is 6.72. The van der Waals surface area contributed by atoms with Crippen molar-refractivity contribution >= 4 is 8.81 Å². The molecule has 15 heavy (non-hydrogen) atoms. The zero-order valence-corrected chi connectivity index (χ0v) is 11.6. The molecule has 0 aliphatic carbocycles. The summed E-state index contributed by atoms with van der Waals surface area (Å²) in [4.78, 5) is 0. The van der Waals surface area contributed by atoms with Crippen molar-refractivity contribution in [1.82, 2.24) is 0 Å². The van der Waals surface area contributed by atoms with Crippen molar-refractivity contribution in [2.24, 2.45) is 0 Å². The van der Waals surface area contributed by atoms with Crippen LogP contribution in [0.3, 0.4) is 0 Å². The van der Waals surface area contributed by atoms with E-state index in [9.17, 15) is 0 Å². The van der Waals surface area contributed by atoms with E-state index in [1.807, 2.05) is 0 Å². The Morgan fingerprint density at radius 1 is 1.07 bits per heavy atom. The van der Waals surface area contributed by atoms with Crippen LogP contribution in [0.15, 0.2) is 12.1 Å². The van der Waals surface area contributed by atoms with Gasteiger partial charge in [-0.3, -0.25) is 0 Å². The maximum atomic E-state index is 5.73. The summed E-state index contributed by atoms with van der Waals surface area (Å²) in [7, 11) is 0.504. The predicted octanol–water partition coefficient (Wildman–Crippen LogP) is 4.20. The van der Waals surface area contributed by atoms with Crippen molar-refractivity contribution in [2.75, 3.05) is 6.66 Å². The molecule has 1 aromatic rings. The fourth-order valence-electron chi connectivity index (χ4n) is 1.57. The zero-order valence-electron chi connectivity index (χ0n) is 10.6. The molecule has 0 aliphatic rings. The van der Waals surface area contributed by atoms with E-state index in [4.69, 9.17) is 4.52 Å². The van der Waals surface area contributed by atoms with E-state index in [1.54, 1.807) is 0 Å². The lowest BCUT2D eigenvalue weighted by molar-refractivity contribution is 0.541. The van der Waals surface area contributed by atoms with Crippen LogP contribution in [-0.2, 0) is 5.41 Å². The van der Waals surface area contributed by atoms with E-state index < -0.39 is 0 Å². The summed E-state index contributed by atoms with van der Waals surface area (Å²) in [5, 5.41) is 0. The fourth-order valence-corrected chi connectivity index (χ4v) is 1.96. The van der Waals surface area contributed by atoms with Gasteiger partial charge in [0, 0.05) is 5.56 Å². The summed E-state index contributed by atoms with van der Waals surface area (Å²) < 4.78 is 5.73. The molecule has 0 heterocycles. The van der Waals surface area contributed by atoms with Gasteiger partial charge < -0.3 is 4.52 Å². The van der Waals surface area contributed by atoms with E-state index in [1.165, 1.54) is 16.7 Å². The maximum absolute atomic E-state index is 5.73. The molecule has 84 valence electrons. The summed E-state index contributed by atoms with van der Waals surface area (Å²) in [6.07, 6.45) is 0. The highest BCUT2D eigenvalue weighted by Gasteiger charge is 2.19. The van der Waals surface area contributed by atoms with Gasteiger partial charge in [-0.15, -0.1) is 0 Å². The van der Waals surface area contributed by atoms with Crippen molar-refractivity contribution in [1.29, 1.82) is 0 Å². The molecule has 0 aliphatic heterocycles. The SMILES string of the molecule is CPOc1cc(C)c(C)cc1C(C)(C)C. The highest BCUT2D eigenvalue weighted by molar-refractivity contribution is 7.31. The minimum atomic E-state index is 0.146. The van der Waals surface area contributed by atoms with Crippen molar-refractivity contribution in [3.05, 3.63) is 28.8 Å². The summed E-state index contributed by atoms with van der Waals surface area (Å²) in [5.41, 5.74) is 4.09. The van der Waals surface area contributed by atoms with Gasteiger partial charge in [-0.05, 0) is 43.1 Å². The second-order valence-corrected chi connectivity index (χ2v) is 5.60. The van der Waals surface area contributed by atoms with Gasteiger partial charge >= 0.3 is 0 Å². The molecule has 1 unspecified atom stereocenters. The quantitative estimate of drug-likeness (QED) is 0.684. The topological polar surface area (TPSA) is 9.23 Å². The summed E-state index contributed by atoms with van der Waals surface area (Å²) in [5.74, 6) is 1.05. The molecule has 1 atom stereocenters. The van der Waals surface area contributed by atoms with E-state index in [2.05, 4.69) is 53.4 Å². The molecule has 1 aromatic carbocycles. The number of rotatable bonds is 2. The second-order valence-electron chi connectivity index (χ2n) is 4.99. The van der Waals surface area contributed by atoms with Crippen LogP contribution in [0.2, 0.25) is 0 Å². The molecule has 0 saturated carbocycles. The fraction of sp³-hybridized carbons (Fsp3) is 0.538. The van der Waals surface area contributed by atoms with Crippen LogP contribution < -0.4 is 4.52 Å². The Labute approximate surface area is 95.1 Å². The van der Waals surface area contributed by atoms with Gasteiger partial charge in [0.25, 0.3) is 0 Å². The molecule has 1 rings (SSSR count). The molecule has 0 radical (unpaired) electrons. The molecular formula is C13H21OP. The van der Waals surface area contributed by atoms with Crippen LogP contribution >= 0.6 is 8.81 Å². The molecule has 1 nitrogen and oxygen atoms in total. The highest BCUT2D eigenvalue weighted by atomic mass is 31.1. The zero-order chi connectivity index (χ0) is 11.6. The monoisotopic (exact) mass is 224 g/mol. The molecule has 0 bridgehead atoms. The van der Waals surface area contributed by atoms with Gasteiger partial charge in [-0.25, -0.2) is 0 Å². The first-order valence-electron chi connectivity index (χ1n) is 5.31. The van der Waals surface area contributed by atoms with Gasteiger partial charge in [-0.2, -0.15) is 0 Å². The second kappa shape index (κ2) is 4.53. The minimum absolute atomic E-state index is 0.146. The third kappa shape index (κ3) is 2.95. The van der Waals surface area contributed by atoms with E-state index in [-0.39, 0.29) is 5.41 Å². The molecule has 0 aromatic heterocycles. The Balaban J connectivity index is 3.28. The van der Waals surface area contributed by atoms with Crippen LogP contribution in [0.5, 0.6) is 5.75 Å². The Hall–Kier alpha value is -0.550. The first-order chi connectivity index (χ1) is 6.86. The lowest BCUT2D eigenvalue weighted by Gasteiger charge is -2.23. The summed E-state index contributed by atoms with van der Waals surface area (Å²) >= 11 is 0. The van der Waals surface area contributed by atoms with Gasteiger partial charge in [0.15, 0.2) is 0 Å². The number of hydrogen-bond acceptors (Lipinski definition) is 1. The standard InChI is InChI=1S/C13H21OP/c1-9-7-11(13(3,4)5)12(14-15-6)8-10(9)2/h7-8,15H,1-6H3. The van der Waals surface area contributed by atoms with Crippen LogP contribution in [0.1, 0.15) is 37.5 Å². The van der Waals surface area contributed by atoms with Gasteiger partial charge in [0.05, 0.1) is 8.81 Å². The molecule has 0 N–H and O–H groups in total. The van der Waals surface area contributed by atoms with Gasteiger partial charge in [-0.1, -0.05) is 26.8 Å². The van der Waals surface area contributed by atoms with Gasteiger partial charge in [0.2, 0.25) is 0 Å². The Morgan fingerprint density at radius 2 is 1.60 bits per heavy atom. The Morgan fingerprint density at radius 3 is 2.07 bits per heavy atom. The molecule has 0 saturated heterocycles. The van der Waals surface area contributed by atoms with Crippen molar-refractivity contribution in [3.8, 4) is 5.75 Å². The molecule has 0 amide bonds. The third-order valence-corrected chi connectivity index (χ3v) is 3.04. The largest absolute Gasteiger partial charge is 0.477 e. The van der Waals surface area contributed by atoms with Crippen LogP contribution in [-0.4, -0.2) is 6.66 Å². The molecule has 2 heteroatoms. The highest BCUT2D eigenvalue weighted by Crippen LogP contribution is 2.35. The van der Waals surface area contributed by atoms with E-state index >= 15 is 0 Å². The first kappa shape index (κ1) is 12.5. The van der Waals surface area contributed by atoms with Crippen molar-refractivity contribution in [3.63, 3.8) is 0 Å². The van der Waals surface area contributed by atoms with E-state index in [0.717, 1.165) is 5.75 Å². The normalized spacial score (nSPS) is 12.4. The van der Waals surface area contributed by atoms with Gasteiger partial charge in [0.1, 0.15) is 5.75 Å².